The van der Waals surface area contributed by atoms with E-state index in [4.69, 9.17) is 9.47 Å². The number of imide groups is 2. The zero-order valence-electron chi connectivity index (χ0n) is 17.9. The number of halogens is 1. The molecule has 0 atom stereocenters. The monoisotopic (exact) mass is 522 g/mol. The number of hydrogen-bond acceptors (Lipinski definition) is 6. The third kappa shape index (κ3) is 4.79. The van der Waals surface area contributed by atoms with Gasteiger partial charge >= 0.3 is 6.03 Å². The van der Waals surface area contributed by atoms with Crippen molar-refractivity contribution in [2.24, 2.45) is 0 Å². The molecule has 1 heterocycles. The number of carbonyl (C=O) groups is 3. The maximum atomic E-state index is 13.0. The summed E-state index contributed by atoms with van der Waals surface area (Å²) < 4.78 is 12.2. The topological polar surface area (TPSA) is 105 Å². The van der Waals surface area contributed by atoms with Gasteiger partial charge in [-0.1, -0.05) is 40.2 Å². The van der Waals surface area contributed by atoms with Crippen molar-refractivity contribution in [1.29, 1.82) is 0 Å². The van der Waals surface area contributed by atoms with Crippen LogP contribution in [0, 0.1) is 0 Å². The van der Waals surface area contributed by atoms with Crippen molar-refractivity contribution >= 4 is 45.5 Å². The molecule has 34 heavy (non-hydrogen) atoms. The Morgan fingerprint density at radius 2 is 1.74 bits per heavy atom. The minimum Gasteiger partial charge on any atom is -0.508 e. The second kappa shape index (κ2) is 9.80. The van der Waals surface area contributed by atoms with Gasteiger partial charge < -0.3 is 14.6 Å². The Bertz CT molecular complexity index is 1300. The summed E-state index contributed by atoms with van der Waals surface area (Å²) in [6.07, 6.45) is 1.37. The number of phenolic OH excluding ortho intramolecular Hbond substituents is 1. The Balaban J connectivity index is 1.60. The average Bonchev–Trinajstić information content (AvgIpc) is 2.82. The van der Waals surface area contributed by atoms with Gasteiger partial charge in [-0.2, -0.15) is 0 Å². The van der Waals surface area contributed by atoms with Gasteiger partial charge in [0, 0.05) is 10.0 Å². The standard InChI is InChI=1S/C25H19BrN2O6/c1-33-22-13-15(6-11-21(22)34-14-16-4-2-3-5-20(16)26)12-19-23(30)27-25(32)28(24(19)31)17-7-9-18(29)10-8-17/h2-13,29H,14H2,1H3,(H,27,30,32)/b19-12+. The molecule has 0 spiro atoms. The number of hydrogen-bond donors (Lipinski definition) is 2. The number of nitrogens with one attached hydrogen (secondary N) is 1. The number of urea groups is 1. The number of aromatic hydroxyl groups is 1. The number of methoxy groups -OCH3 is 1. The van der Waals surface area contributed by atoms with Crippen LogP contribution in [0.5, 0.6) is 17.2 Å². The quantitative estimate of drug-likeness (QED) is 0.367. The molecule has 8 nitrogen and oxygen atoms in total. The molecule has 172 valence electrons. The molecule has 4 rings (SSSR count). The van der Waals surface area contributed by atoms with Crippen molar-refractivity contribution in [3.8, 4) is 17.2 Å². The Morgan fingerprint density at radius 1 is 1.00 bits per heavy atom. The highest BCUT2D eigenvalue weighted by molar-refractivity contribution is 9.10. The van der Waals surface area contributed by atoms with Gasteiger partial charge in [-0.25, -0.2) is 9.69 Å². The van der Waals surface area contributed by atoms with E-state index in [2.05, 4.69) is 21.2 Å². The molecule has 4 amide bonds. The Labute approximate surface area is 203 Å². The molecule has 0 saturated carbocycles. The van der Waals surface area contributed by atoms with Crippen LogP contribution in [0.4, 0.5) is 10.5 Å². The van der Waals surface area contributed by atoms with Crippen molar-refractivity contribution < 1.29 is 29.0 Å². The van der Waals surface area contributed by atoms with E-state index in [1.807, 2.05) is 24.3 Å². The predicted molar refractivity (Wildman–Crippen MR) is 129 cm³/mol. The van der Waals surface area contributed by atoms with Crippen LogP contribution in [0.2, 0.25) is 0 Å². The summed E-state index contributed by atoms with van der Waals surface area (Å²) in [6.45, 7) is 0.308. The summed E-state index contributed by atoms with van der Waals surface area (Å²) in [5.74, 6) is -0.711. The Hall–Kier alpha value is -4.11. The summed E-state index contributed by atoms with van der Waals surface area (Å²) in [7, 11) is 1.49. The number of ether oxygens (including phenoxy) is 2. The Kier molecular flexibility index (Phi) is 6.65. The van der Waals surface area contributed by atoms with E-state index in [0.717, 1.165) is 14.9 Å². The lowest BCUT2D eigenvalue weighted by atomic mass is 10.1. The van der Waals surface area contributed by atoms with Crippen LogP contribution in [0.1, 0.15) is 11.1 Å². The molecule has 0 unspecified atom stereocenters. The molecular formula is C25H19BrN2O6. The molecule has 0 aliphatic carbocycles. The number of nitrogens with zero attached hydrogens (tertiary/aromatic N) is 1. The van der Waals surface area contributed by atoms with Crippen molar-refractivity contribution in [2.75, 3.05) is 12.0 Å². The summed E-state index contributed by atoms with van der Waals surface area (Å²) in [5.41, 5.74) is 1.45. The van der Waals surface area contributed by atoms with Crippen LogP contribution in [0.3, 0.4) is 0 Å². The molecule has 3 aromatic carbocycles. The number of rotatable bonds is 6. The van der Waals surface area contributed by atoms with Crippen molar-refractivity contribution in [3.05, 3.63) is 87.9 Å². The van der Waals surface area contributed by atoms with E-state index in [0.29, 0.717) is 23.7 Å². The predicted octanol–water partition coefficient (Wildman–Crippen LogP) is 4.41. The molecule has 2 N–H and O–H groups in total. The molecule has 9 heteroatoms. The van der Waals surface area contributed by atoms with Gasteiger partial charge in [0.05, 0.1) is 12.8 Å². The first-order chi connectivity index (χ1) is 16.4. The highest BCUT2D eigenvalue weighted by Gasteiger charge is 2.36. The summed E-state index contributed by atoms with van der Waals surface area (Å²) in [5, 5.41) is 11.6. The van der Waals surface area contributed by atoms with Gasteiger partial charge in [0.15, 0.2) is 11.5 Å². The van der Waals surface area contributed by atoms with E-state index in [-0.39, 0.29) is 17.0 Å². The number of amides is 4. The normalized spacial score (nSPS) is 14.8. The number of barbiturate groups is 1. The fourth-order valence-electron chi connectivity index (χ4n) is 3.32. The molecule has 1 aliphatic rings. The zero-order chi connectivity index (χ0) is 24.2. The van der Waals surface area contributed by atoms with E-state index >= 15 is 0 Å². The molecule has 1 aliphatic heterocycles. The first-order valence-corrected chi connectivity index (χ1v) is 10.9. The molecular weight excluding hydrogens is 504 g/mol. The fourth-order valence-corrected chi connectivity index (χ4v) is 3.72. The van der Waals surface area contributed by atoms with Gasteiger partial charge in [0.25, 0.3) is 11.8 Å². The third-order valence-electron chi connectivity index (χ3n) is 5.05. The molecule has 0 radical (unpaired) electrons. The number of benzene rings is 3. The van der Waals surface area contributed by atoms with Crippen LogP contribution in [0.15, 0.2) is 76.8 Å². The maximum absolute atomic E-state index is 13.0. The van der Waals surface area contributed by atoms with Gasteiger partial charge in [-0.3, -0.25) is 14.9 Å². The van der Waals surface area contributed by atoms with Crippen LogP contribution < -0.4 is 19.7 Å². The lowest BCUT2D eigenvalue weighted by Crippen LogP contribution is -2.54. The van der Waals surface area contributed by atoms with Crippen LogP contribution in [-0.2, 0) is 16.2 Å². The highest BCUT2D eigenvalue weighted by Crippen LogP contribution is 2.31. The van der Waals surface area contributed by atoms with Crippen LogP contribution >= 0.6 is 15.9 Å². The molecule has 1 fully saturated rings. The second-order valence-electron chi connectivity index (χ2n) is 7.26. The van der Waals surface area contributed by atoms with Gasteiger partial charge in [-0.05, 0) is 54.1 Å². The average molecular weight is 523 g/mol. The zero-order valence-corrected chi connectivity index (χ0v) is 19.5. The largest absolute Gasteiger partial charge is 0.508 e. The number of carbonyl (C=O) groups excluding carboxylic acids is 3. The number of anilines is 1. The molecule has 3 aromatic rings. The first-order valence-electron chi connectivity index (χ1n) is 10.1. The summed E-state index contributed by atoms with van der Waals surface area (Å²) in [4.78, 5) is 38.5. The number of phenols is 1. The van der Waals surface area contributed by atoms with E-state index in [1.165, 1.54) is 37.5 Å². The summed E-state index contributed by atoms with van der Waals surface area (Å²) in [6, 6.07) is 17.3. The van der Waals surface area contributed by atoms with Crippen molar-refractivity contribution in [3.63, 3.8) is 0 Å². The Morgan fingerprint density at radius 3 is 2.44 bits per heavy atom. The third-order valence-corrected chi connectivity index (χ3v) is 5.82. The lowest BCUT2D eigenvalue weighted by Gasteiger charge is -2.26. The van der Waals surface area contributed by atoms with Crippen molar-refractivity contribution in [1.82, 2.24) is 5.32 Å². The molecule has 0 bridgehead atoms. The minimum absolute atomic E-state index is 0.0190. The van der Waals surface area contributed by atoms with E-state index in [9.17, 15) is 19.5 Å². The SMILES string of the molecule is COc1cc(/C=C2\C(=O)NC(=O)N(c3ccc(O)cc3)C2=O)ccc1OCc1ccccc1Br. The van der Waals surface area contributed by atoms with Gasteiger partial charge in [0.2, 0.25) is 0 Å². The first kappa shape index (κ1) is 23.1. The fraction of sp³-hybridized carbons (Fsp3) is 0.0800. The summed E-state index contributed by atoms with van der Waals surface area (Å²) >= 11 is 3.48. The lowest BCUT2D eigenvalue weighted by molar-refractivity contribution is -0.122. The van der Waals surface area contributed by atoms with Crippen molar-refractivity contribution in [2.45, 2.75) is 6.61 Å². The molecule has 1 saturated heterocycles. The van der Waals surface area contributed by atoms with Gasteiger partial charge in [0.1, 0.15) is 17.9 Å². The highest BCUT2D eigenvalue weighted by atomic mass is 79.9. The maximum Gasteiger partial charge on any atom is 0.335 e. The van der Waals surface area contributed by atoms with E-state index < -0.39 is 17.8 Å². The van der Waals surface area contributed by atoms with Crippen LogP contribution in [-0.4, -0.2) is 30.1 Å². The van der Waals surface area contributed by atoms with E-state index in [1.54, 1.807) is 18.2 Å². The van der Waals surface area contributed by atoms with Gasteiger partial charge in [-0.15, -0.1) is 0 Å². The smallest absolute Gasteiger partial charge is 0.335 e. The minimum atomic E-state index is -0.869. The molecule has 0 aromatic heterocycles. The van der Waals surface area contributed by atoms with Crippen LogP contribution in [0.25, 0.3) is 6.08 Å². The second-order valence-corrected chi connectivity index (χ2v) is 8.12.